The Morgan fingerprint density at radius 1 is 1.10 bits per heavy atom. The van der Waals surface area contributed by atoms with E-state index < -0.39 is 10.0 Å². The fraction of sp³-hybridized carbons (Fsp3) is 0.350. The van der Waals surface area contributed by atoms with Gasteiger partial charge in [-0.1, -0.05) is 41.4 Å². The highest BCUT2D eigenvalue weighted by Crippen LogP contribution is 2.30. The van der Waals surface area contributed by atoms with Gasteiger partial charge in [0.15, 0.2) is 0 Å². The molecule has 1 N–H and O–H groups in total. The number of hydrogen-bond acceptors (Lipinski definition) is 4. The van der Waals surface area contributed by atoms with E-state index >= 15 is 0 Å². The van der Waals surface area contributed by atoms with Crippen LogP contribution in [0.15, 0.2) is 58.3 Å². The van der Waals surface area contributed by atoms with Crippen LogP contribution in [-0.4, -0.2) is 44.0 Å². The Morgan fingerprint density at radius 2 is 1.79 bits per heavy atom. The molecule has 1 heterocycles. The molecule has 0 atom stereocenters. The molecule has 0 bridgehead atoms. The zero-order valence-corrected chi connectivity index (χ0v) is 18.8. The summed E-state index contributed by atoms with van der Waals surface area (Å²) < 4.78 is 27.1. The number of halogens is 2. The first kappa shape index (κ1) is 22.4. The lowest BCUT2D eigenvalue weighted by atomic mass is 9.97. The Kier molecular flexibility index (Phi) is 7.87. The zero-order valence-electron chi connectivity index (χ0n) is 15.7. The van der Waals surface area contributed by atoms with Gasteiger partial charge in [-0.2, -0.15) is 4.31 Å². The van der Waals surface area contributed by atoms with Gasteiger partial charge >= 0.3 is 0 Å². The van der Waals surface area contributed by atoms with Crippen molar-refractivity contribution in [3.63, 3.8) is 0 Å². The van der Waals surface area contributed by atoms with Gasteiger partial charge < -0.3 is 5.32 Å². The van der Waals surface area contributed by atoms with Crippen LogP contribution in [0.5, 0.6) is 0 Å². The molecule has 2 aromatic carbocycles. The van der Waals surface area contributed by atoms with Crippen molar-refractivity contribution in [2.45, 2.75) is 22.6 Å². The monoisotopic (exact) mass is 472 g/mol. The number of carbonyl (C=O) groups is 1. The third-order valence-electron chi connectivity index (χ3n) is 4.75. The Bertz CT molecular complexity index is 947. The molecule has 1 saturated heterocycles. The lowest BCUT2D eigenvalue weighted by Crippen LogP contribution is -2.43. The summed E-state index contributed by atoms with van der Waals surface area (Å²) in [5.41, 5.74) is 0. The third-order valence-corrected chi connectivity index (χ3v) is 8.38. The average Bonchev–Trinajstić information content (AvgIpc) is 2.73. The fourth-order valence-corrected chi connectivity index (χ4v) is 6.17. The van der Waals surface area contributed by atoms with Crippen molar-refractivity contribution in [2.75, 3.05) is 25.4 Å². The van der Waals surface area contributed by atoms with E-state index in [-0.39, 0.29) is 34.8 Å². The van der Waals surface area contributed by atoms with Crippen molar-refractivity contribution in [2.24, 2.45) is 5.92 Å². The van der Waals surface area contributed by atoms with Crippen LogP contribution in [0.1, 0.15) is 12.8 Å². The largest absolute Gasteiger partial charge is 0.355 e. The van der Waals surface area contributed by atoms with E-state index in [1.54, 1.807) is 17.8 Å². The van der Waals surface area contributed by atoms with E-state index in [1.807, 2.05) is 30.3 Å². The summed E-state index contributed by atoms with van der Waals surface area (Å²) in [5.74, 6) is 0.588. The first-order valence-corrected chi connectivity index (χ1v) is 12.5. The van der Waals surface area contributed by atoms with Gasteiger partial charge in [-0.25, -0.2) is 8.42 Å². The van der Waals surface area contributed by atoms with Gasteiger partial charge in [0.1, 0.15) is 4.90 Å². The molecule has 156 valence electrons. The number of thioether (sulfide) groups is 1. The van der Waals surface area contributed by atoms with E-state index in [0.29, 0.717) is 24.4 Å². The second-order valence-corrected chi connectivity index (χ2v) is 10.6. The van der Waals surface area contributed by atoms with Crippen molar-refractivity contribution >= 4 is 50.9 Å². The van der Waals surface area contributed by atoms with Crippen LogP contribution in [0.25, 0.3) is 0 Å². The van der Waals surface area contributed by atoms with Crippen LogP contribution < -0.4 is 5.32 Å². The van der Waals surface area contributed by atoms with Crippen molar-refractivity contribution in [3.8, 4) is 0 Å². The van der Waals surface area contributed by atoms with E-state index in [4.69, 9.17) is 23.2 Å². The summed E-state index contributed by atoms with van der Waals surface area (Å²) in [6, 6.07) is 14.4. The SMILES string of the molecule is O=C(NCCSc1ccccc1)C1CCN(S(=O)(=O)c2cc(Cl)ccc2Cl)CC1. The number of rotatable bonds is 7. The van der Waals surface area contributed by atoms with Gasteiger partial charge in [-0.15, -0.1) is 11.8 Å². The van der Waals surface area contributed by atoms with Gasteiger partial charge in [-0.3, -0.25) is 4.79 Å². The Morgan fingerprint density at radius 3 is 2.48 bits per heavy atom. The normalized spacial score (nSPS) is 15.9. The van der Waals surface area contributed by atoms with Crippen LogP contribution in [-0.2, 0) is 14.8 Å². The summed E-state index contributed by atoms with van der Waals surface area (Å²) in [6.07, 6.45) is 0.962. The topological polar surface area (TPSA) is 66.5 Å². The zero-order chi connectivity index (χ0) is 20.9. The number of piperidine rings is 1. The lowest BCUT2D eigenvalue weighted by Gasteiger charge is -2.30. The first-order valence-electron chi connectivity index (χ1n) is 9.28. The highest BCUT2D eigenvalue weighted by Gasteiger charge is 2.33. The Balaban J connectivity index is 1.48. The molecule has 29 heavy (non-hydrogen) atoms. The second kappa shape index (κ2) is 10.2. The molecule has 0 saturated carbocycles. The minimum absolute atomic E-state index is 0.00695. The minimum Gasteiger partial charge on any atom is -0.355 e. The van der Waals surface area contributed by atoms with Gasteiger partial charge in [-0.05, 0) is 43.2 Å². The molecule has 1 amide bonds. The van der Waals surface area contributed by atoms with Crippen LogP contribution in [0.3, 0.4) is 0 Å². The predicted octanol–water partition coefficient (Wildman–Crippen LogP) is 4.30. The summed E-state index contributed by atoms with van der Waals surface area (Å²) in [5, 5.41) is 3.42. The van der Waals surface area contributed by atoms with Crippen LogP contribution in [0.2, 0.25) is 10.0 Å². The molecule has 2 aromatic rings. The molecule has 0 radical (unpaired) electrons. The molecule has 1 aliphatic rings. The van der Waals surface area contributed by atoms with Gasteiger partial charge in [0.05, 0.1) is 5.02 Å². The number of hydrogen-bond donors (Lipinski definition) is 1. The average molecular weight is 473 g/mol. The Hall–Kier alpha value is -1.25. The predicted molar refractivity (Wildman–Crippen MR) is 118 cm³/mol. The summed E-state index contributed by atoms with van der Waals surface area (Å²) in [4.78, 5) is 13.6. The molecular formula is C20H22Cl2N2O3S2. The van der Waals surface area contributed by atoms with Crippen LogP contribution >= 0.6 is 35.0 Å². The fourth-order valence-electron chi connectivity index (χ4n) is 3.18. The highest BCUT2D eigenvalue weighted by atomic mass is 35.5. The van der Waals surface area contributed by atoms with E-state index in [9.17, 15) is 13.2 Å². The molecular weight excluding hydrogens is 451 g/mol. The van der Waals surface area contributed by atoms with Crippen LogP contribution in [0.4, 0.5) is 0 Å². The number of nitrogens with zero attached hydrogens (tertiary/aromatic N) is 1. The standard InChI is InChI=1S/C20H22Cl2N2O3S2/c21-16-6-7-18(22)19(14-16)29(26,27)24-11-8-15(9-12-24)20(25)23-10-13-28-17-4-2-1-3-5-17/h1-7,14-15H,8-13H2,(H,23,25). The number of sulfonamides is 1. The molecule has 0 spiro atoms. The van der Waals surface area contributed by atoms with Crippen molar-refractivity contribution in [1.29, 1.82) is 0 Å². The maximum atomic E-state index is 12.9. The van der Waals surface area contributed by atoms with Crippen molar-refractivity contribution in [3.05, 3.63) is 58.6 Å². The molecule has 0 aliphatic carbocycles. The van der Waals surface area contributed by atoms with Gasteiger partial charge in [0.2, 0.25) is 15.9 Å². The molecule has 0 aromatic heterocycles. The van der Waals surface area contributed by atoms with Crippen molar-refractivity contribution < 1.29 is 13.2 Å². The third kappa shape index (κ3) is 5.89. The van der Waals surface area contributed by atoms with Crippen molar-refractivity contribution in [1.82, 2.24) is 9.62 Å². The molecule has 9 heteroatoms. The minimum atomic E-state index is -3.73. The maximum absolute atomic E-state index is 12.9. The van der Waals surface area contributed by atoms with Crippen LogP contribution in [0, 0.1) is 5.92 Å². The summed E-state index contributed by atoms with van der Waals surface area (Å²) >= 11 is 13.7. The second-order valence-electron chi connectivity index (χ2n) is 6.71. The summed E-state index contributed by atoms with van der Waals surface area (Å²) in [6.45, 7) is 1.14. The van der Waals surface area contributed by atoms with Gasteiger partial charge in [0, 0.05) is 41.2 Å². The first-order chi connectivity index (χ1) is 13.9. The molecule has 3 rings (SSSR count). The van der Waals surface area contributed by atoms with E-state index in [2.05, 4.69) is 5.32 Å². The molecule has 1 fully saturated rings. The Labute approximate surface area is 185 Å². The van der Waals surface area contributed by atoms with Gasteiger partial charge in [0.25, 0.3) is 0 Å². The molecule has 5 nitrogen and oxygen atoms in total. The molecule has 0 unspecified atom stereocenters. The number of nitrogens with one attached hydrogen (secondary N) is 1. The maximum Gasteiger partial charge on any atom is 0.244 e. The number of amides is 1. The molecule has 1 aliphatic heterocycles. The summed E-state index contributed by atoms with van der Waals surface area (Å²) in [7, 11) is -3.73. The quantitative estimate of drug-likeness (QED) is 0.481. The smallest absolute Gasteiger partial charge is 0.244 e. The van der Waals surface area contributed by atoms with E-state index in [0.717, 1.165) is 5.75 Å². The number of benzene rings is 2. The highest BCUT2D eigenvalue weighted by molar-refractivity contribution is 7.99. The van der Waals surface area contributed by atoms with E-state index in [1.165, 1.54) is 21.3 Å². The number of carbonyl (C=O) groups excluding carboxylic acids is 1. The lowest BCUT2D eigenvalue weighted by molar-refractivity contribution is -0.125.